The molecule has 0 heterocycles. The third-order valence-electron chi connectivity index (χ3n) is 2.93. The van der Waals surface area contributed by atoms with Gasteiger partial charge in [0.25, 0.3) is 5.91 Å². The molecular formula is C15H13NO5. The number of hydrogen-bond donors (Lipinski definition) is 2. The number of nitrogens with one attached hydrogen (secondary N) is 1. The Labute approximate surface area is 120 Å². The molecule has 2 N–H and O–H groups in total. The summed E-state index contributed by atoms with van der Waals surface area (Å²) in [5.74, 6) is -2.38. The Hall–Kier alpha value is -2.89. The van der Waals surface area contributed by atoms with E-state index in [2.05, 4.69) is 4.84 Å². The van der Waals surface area contributed by atoms with Crippen LogP contribution in [0.15, 0.2) is 36.4 Å². The van der Waals surface area contributed by atoms with Gasteiger partial charge in [-0.3, -0.25) is 4.79 Å². The molecule has 2 aromatic carbocycles. The first-order chi connectivity index (χ1) is 10.0. The minimum Gasteiger partial charge on any atom is -0.478 e. The van der Waals surface area contributed by atoms with Crippen LogP contribution >= 0.6 is 0 Å². The first-order valence-corrected chi connectivity index (χ1v) is 6.29. The van der Waals surface area contributed by atoms with Crippen LogP contribution in [0, 0.1) is 0 Å². The number of benzene rings is 2. The molecule has 0 aliphatic rings. The molecule has 1 amide bonds. The highest BCUT2D eigenvalue weighted by Crippen LogP contribution is 2.23. The molecule has 0 aromatic heterocycles. The number of carboxylic acid groups (broad SMARTS) is 1. The van der Waals surface area contributed by atoms with Gasteiger partial charge in [-0.1, -0.05) is 31.2 Å². The molecule has 6 nitrogen and oxygen atoms in total. The zero-order valence-corrected chi connectivity index (χ0v) is 11.3. The van der Waals surface area contributed by atoms with Gasteiger partial charge in [0, 0.05) is 11.8 Å². The standard InChI is InChI=1S/C15H13NO5/c1-2-12(17)21-16-14(18)10-7-3-5-9-6-4-8-11(13(9)10)15(19)20/h3-8H,2H2,1H3,(H,16,18)(H,19,20). The van der Waals surface area contributed by atoms with Crippen LogP contribution in [0.25, 0.3) is 10.8 Å². The van der Waals surface area contributed by atoms with Crippen LogP contribution in [0.3, 0.4) is 0 Å². The molecule has 108 valence electrons. The first-order valence-electron chi connectivity index (χ1n) is 6.29. The van der Waals surface area contributed by atoms with Crippen molar-refractivity contribution in [3.63, 3.8) is 0 Å². The quantitative estimate of drug-likeness (QED) is 0.844. The van der Waals surface area contributed by atoms with Crippen molar-refractivity contribution in [1.82, 2.24) is 5.48 Å². The third-order valence-corrected chi connectivity index (χ3v) is 2.93. The molecule has 0 fully saturated rings. The summed E-state index contributed by atoms with van der Waals surface area (Å²) in [5, 5.41) is 10.1. The van der Waals surface area contributed by atoms with Gasteiger partial charge in [0.1, 0.15) is 0 Å². The minimum absolute atomic E-state index is 0.0140. The van der Waals surface area contributed by atoms with Gasteiger partial charge in [0.15, 0.2) is 0 Å². The van der Waals surface area contributed by atoms with E-state index in [0.717, 1.165) is 0 Å². The fourth-order valence-corrected chi connectivity index (χ4v) is 1.94. The van der Waals surface area contributed by atoms with Crippen molar-refractivity contribution in [3.8, 4) is 0 Å². The van der Waals surface area contributed by atoms with E-state index in [4.69, 9.17) is 0 Å². The van der Waals surface area contributed by atoms with Crippen molar-refractivity contribution < 1.29 is 24.3 Å². The van der Waals surface area contributed by atoms with Crippen LogP contribution in [0.5, 0.6) is 0 Å². The van der Waals surface area contributed by atoms with E-state index >= 15 is 0 Å². The lowest BCUT2D eigenvalue weighted by molar-refractivity contribution is -0.148. The van der Waals surface area contributed by atoms with E-state index < -0.39 is 17.8 Å². The maximum atomic E-state index is 12.1. The average Bonchev–Trinajstić information content (AvgIpc) is 2.50. The van der Waals surface area contributed by atoms with Gasteiger partial charge in [-0.2, -0.15) is 5.48 Å². The normalized spacial score (nSPS) is 10.1. The summed E-state index contributed by atoms with van der Waals surface area (Å²) in [6, 6.07) is 9.53. The molecule has 0 aliphatic carbocycles. The van der Waals surface area contributed by atoms with Crippen molar-refractivity contribution in [2.45, 2.75) is 13.3 Å². The number of hydroxylamine groups is 1. The molecule has 0 spiro atoms. The Bertz CT molecular complexity index is 718. The van der Waals surface area contributed by atoms with Gasteiger partial charge >= 0.3 is 11.9 Å². The summed E-state index contributed by atoms with van der Waals surface area (Å²) in [7, 11) is 0. The van der Waals surface area contributed by atoms with Crippen molar-refractivity contribution in [3.05, 3.63) is 47.5 Å². The summed E-state index contributed by atoms with van der Waals surface area (Å²) >= 11 is 0. The Balaban J connectivity index is 2.46. The molecule has 0 aliphatic heterocycles. The van der Waals surface area contributed by atoms with Crippen molar-refractivity contribution in [2.75, 3.05) is 0 Å². The van der Waals surface area contributed by atoms with Crippen LogP contribution in [0.1, 0.15) is 34.1 Å². The fraction of sp³-hybridized carbons (Fsp3) is 0.133. The molecule has 0 saturated heterocycles. The largest absolute Gasteiger partial charge is 0.478 e. The molecular weight excluding hydrogens is 274 g/mol. The number of aromatic carboxylic acids is 1. The number of carbonyl (C=O) groups is 3. The maximum Gasteiger partial charge on any atom is 0.336 e. The highest BCUT2D eigenvalue weighted by molar-refractivity contribution is 6.14. The van der Waals surface area contributed by atoms with Gasteiger partial charge in [-0.05, 0) is 17.5 Å². The van der Waals surface area contributed by atoms with E-state index in [-0.39, 0.29) is 17.5 Å². The number of amides is 1. The van der Waals surface area contributed by atoms with E-state index in [1.165, 1.54) is 12.1 Å². The second-order valence-corrected chi connectivity index (χ2v) is 4.27. The number of rotatable bonds is 3. The van der Waals surface area contributed by atoms with Crippen LogP contribution in [0.4, 0.5) is 0 Å². The first kappa shape index (κ1) is 14.5. The number of carbonyl (C=O) groups excluding carboxylic acids is 2. The predicted molar refractivity (Wildman–Crippen MR) is 74.8 cm³/mol. The predicted octanol–water partition coefficient (Wildman–Crippen LogP) is 2.14. The van der Waals surface area contributed by atoms with E-state index in [1.54, 1.807) is 31.2 Å². The molecule has 0 atom stereocenters. The lowest BCUT2D eigenvalue weighted by atomic mass is 9.99. The van der Waals surface area contributed by atoms with Crippen LogP contribution in [-0.4, -0.2) is 23.0 Å². The second-order valence-electron chi connectivity index (χ2n) is 4.27. The lowest BCUT2D eigenvalue weighted by Crippen LogP contribution is -2.27. The third kappa shape index (κ3) is 3.00. The highest BCUT2D eigenvalue weighted by Gasteiger charge is 2.17. The molecule has 0 saturated carbocycles. The Kier molecular flexibility index (Phi) is 4.18. The van der Waals surface area contributed by atoms with Gasteiger partial charge in [-0.25, -0.2) is 9.59 Å². The lowest BCUT2D eigenvalue weighted by Gasteiger charge is -2.09. The summed E-state index contributed by atoms with van der Waals surface area (Å²) in [5.41, 5.74) is 2.17. The summed E-state index contributed by atoms with van der Waals surface area (Å²) in [6.07, 6.45) is 0.121. The Morgan fingerprint density at radius 2 is 1.71 bits per heavy atom. The highest BCUT2D eigenvalue weighted by atomic mass is 16.7. The van der Waals surface area contributed by atoms with Crippen LogP contribution in [-0.2, 0) is 9.63 Å². The SMILES string of the molecule is CCC(=O)ONC(=O)c1cccc2cccc(C(=O)O)c12. The van der Waals surface area contributed by atoms with Crippen LogP contribution < -0.4 is 5.48 Å². The molecule has 0 unspecified atom stereocenters. The monoisotopic (exact) mass is 287 g/mol. The average molecular weight is 287 g/mol. The van der Waals surface area contributed by atoms with Crippen LogP contribution in [0.2, 0.25) is 0 Å². The summed E-state index contributed by atoms with van der Waals surface area (Å²) in [4.78, 5) is 39.0. The second kappa shape index (κ2) is 6.04. The molecule has 6 heteroatoms. The number of hydrogen-bond acceptors (Lipinski definition) is 4. The Morgan fingerprint density at radius 1 is 1.10 bits per heavy atom. The molecule has 0 bridgehead atoms. The molecule has 2 aromatic rings. The van der Waals surface area contributed by atoms with Crippen molar-refractivity contribution in [2.24, 2.45) is 0 Å². The fourth-order valence-electron chi connectivity index (χ4n) is 1.94. The summed E-state index contributed by atoms with van der Waals surface area (Å²) in [6.45, 7) is 1.59. The van der Waals surface area contributed by atoms with E-state index in [0.29, 0.717) is 10.8 Å². The summed E-state index contributed by atoms with van der Waals surface area (Å²) < 4.78 is 0. The molecule has 0 radical (unpaired) electrons. The number of carboxylic acids is 1. The zero-order valence-electron chi connectivity index (χ0n) is 11.3. The minimum atomic E-state index is -1.13. The van der Waals surface area contributed by atoms with Gasteiger partial charge in [0.2, 0.25) is 0 Å². The van der Waals surface area contributed by atoms with Gasteiger partial charge in [0.05, 0.1) is 11.1 Å². The molecule has 21 heavy (non-hydrogen) atoms. The van der Waals surface area contributed by atoms with E-state index in [1.807, 2.05) is 5.48 Å². The smallest absolute Gasteiger partial charge is 0.336 e. The topological polar surface area (TPSA) is 92.7 Å². The molecule has 2 rings (SSSR count). The van der Waals surface area contributed by atoms with Crippen molar-refractivity contribution in [1.29, 1.82) is 0 Å². The van der Waals surface area contributed by atoms with Gasteiger partial charge in [-0.15, -0.1) is 0 Å². The van der Waals surface area contributed by atoms with E-state index in [9.17, 15) is 19.5 Å². The number of fused-ring (bicyclic) bond motifs is 1. The maximum absolute atomic E-state index is 12.1. The van der Waals surface area contributed by atoms with Crippen molar-refractivity contribution >= 4 is 28.6 Å². The Morgan fingerprint density at radius 3 is 2.29 bits per heavy atom. The van der Waals surface area contributed by atoms with Gasteiger partial charge < -0.3 is 9.94 Å². The zero-order chi connectivity index (χ0) is 15.4.